The van der Waals surface area contributed by atoms with Crippen molar-refractivity contribution in [2.24, 2.45) is 0 Å². The number of benzene rings is 2. The molecule has 1 aromatic heterocycles. The third-order valence-corrected chi connectivity index (χ3v) is 3.42. The van der Waals surface area contributed by atoms with E-state index in [-0.39, 0.29) is 6.03 Å². The van der Waals surface area contributed by atoms with Gasteiger partial charge in [0.2, 0.25) is 0 Å². The standard InChI is InChI=1S/C19H17N3O/c23-19(21-14-16-10-6-7-13-20-16)22-18-12-5-4-11-17(18)15-8-2-1-3-9-15/h1-13H,14H2,(H2,21,22,23). The highest BCUT2D eigenvalue weighted by atomic mass is 16.2. The summed E-state index contributed by atoms with van der Waals surface area (Å²) >= 11 is 0. The molecule has 0 radical (unpaired) electrons. The minimum absolute atomic E-state index is 0.251. The Bertz CT molecular complexity index is 773. The quantitative estimate of drug-likeness (QED) is 0.763. The molecule has 2 aromatic carbocycles. The van der Waals surface area contributed by atoms with Gasteiger partial charge in [-0.25, -0.2) is 4.79 Å². The molecule has 23 heavy (non-hydrogen) atoms. The van der Waals surface area contributed by atoms with Gasteiger partial charge in [-0.05, 0) is 23.8 Å². The van der Waals surface area contributed by atoms with Crippen LogP contribution in [0.2, 0.25) is 0 Å². The van der Waals surface area contributed by atoms with Gasteiger partial charge in [0.25, 0.3) is 0 Å². The molecule has 0 bridgehead atoms. The number of carbonyl (C=O) groups excluding carboxylic acids is 1. The normalized spacial score (nSPS) is 10.1. The smallest absolute Gasteiger partial charge is 0.319 e. The number of urea groups is 1. The number of hydrogen-bond acceptors (Lipinski definition) is 2. The number of carbonyl (C=O) groups is 1. The second-order valence-electron chi connectivity index (χ2n) is 5.04. The average molecular weight is 303 g/mol. The Kier molecular flexibility index (Phi) is 4.64. The monoisotopic (exact) mass is 303 g/mol. The van der Waals surface area contributed by atoms with Crippen molar-refractivity contribution in [2.45, 2.75) is 6.54 Å². The molecule has 3 aromatic rings. The number of anilines is 1. The molecule has 0 aliphatic carbocycles. The summed E-state index contributed by atoms with van der Waals surface area (Å²) in [4.78, 5) is 16.3. The van der Waals surface area contributed by atoms with Gasteiger partial charge in [-0.15, -0.1) is 0 Å². The molecule has 3 rings (SSSR count). The maximum Gasteiger partial charge on any atom is 0.319 e. The summed E-state index contributed by atoms with van der Waals surface area (Å²) in [6.07, 6.45) is 1.71. The highest BCUT2D eigenvalue weighted by Gasteiger charge is 2.07. The summed E-state index contributed by atoms with van der Waals surface area (Å²) in [5.41, 5.74) is 3.64. The fraction of sp³-hybridized carbons (Fsp3) is 0.0526. The van der Waals surface area contributed by atoms with E-state index in [1.807, 2.05) is 72.8 Å². The number of nitrogens with zero attached hydrogens (tertiary/aromatic N) is 1. The molecule has 2 N–H and O–H groups in total. The third kappa shape index (κ3) is 3.95. The lowest BCUT2D eigenvalue weighted by atomic mass is 10.0. The Morgan fingerprint density at radius 3 is 2.39 bits per heavy atom. The number of nitrogens with one attached hydrogen (secondary N) is 2. The predicted octanol–water partition coefficient (Wildman–Crippen LogP) is 4.07. The lowest BCUT2D eigenvalue weighted by Gasteiger charge is -2.12. The van der Waals surface area contributed by atoms with Gasteiger partial charge in [0.15, 0.2) is 0 Å². The zero-order valence-corrected chi connectivity index (χ0v) is 12.6. The molecule has 0 saturated heterocycles. The van der Waals surface area contributed by atoms with Crippen molar-refractivity contribution in [1.29, 1.82) is 0 Å². The molecule has 0 aliphatic heterocycles. The van der Waals surface area contributed by atoms with Crippen LogP contribution < -0.4 is 10.6 Å². The molecule has 0 aliphatic rings. The number of pyridine rings is 1. The van der Waals surface area contributed by atoms with Crippen molar-refractivity contribution < 1.29 is 4.79 Å². The SMILES string of the molecule is O=C(NCc1ccccn1)Nc1ccccc1-c1ccccc1. The maximum absolute atomic E-state index is 12.1. The molecular formula is C19H17N3O. The van der Waals surface area contributed by atoms with E-state index in [0.29, 0.717) is 6.54 Å². The van der Waals surface area contributed by atoms with Crippen LogP contribution in [0.15, 0.2) is 79.0 Å². The third-order valence-electron chi connectivity index (χ3n) is 3.42. The molecule has 0 saturated carbocycles. The maximum atomic E-state index is 12.1. The molecule has 114 valence electrons. The van der Waals surface area contributed by atoms with E-state index in [2.05, 4.69) is 15.6 Å². The first kappa shape index (κ1) is 14.8. The van der Waals surface area contributed by atoms with Crippen LogP contribution in [0.3, 0.4) is 0 Å². The highest BCUT2D eigenvalue weighted by molar-refractivity contribution is 5.94. The van der Waals surface area contributed by atoms with Crippen LogP contribution in [0.5, 0.6) is 0 Å². The summed E-state index contributed by atoms with van der Waals surface area (Å²) < 4.78 is 0. The van der Waals surface area contributed by atoms with Gasteiger partial charge in [0.1, 0.15) is 0 Å². The molecule has 0 spiro atoms. The molecule has 0 fully saturated rings. The highest BCUT2D eigenvalue weighted by Crippen LogP contribution is 2.27. The number of aromatic nitrogens is 1. The summed E-state index contributed by atoms with van der Waals surface area (Å²) in [6.45, 7) is 0.389. The molecule has 4 nitrogen and oxygen atoms in total. The molecule has 4 heteroatoms. The molecule has 1 heterocycles. The zero-order chi connectivity index (χ0) is 15.9. The van der Waals surface area contributed by atoms with E-state index in [0.717, 1.165) is 22.5 Å². The number of rotatable bonds is 4. The minimum Gasteiger partial charge on any atom is -0.332 e. The van der Waals surface area contributed by atoms with E-state index in [9.17, 15) is 4.79 Å². The first-order valence-electron chi connectivity index (χ1n) is 7.42. The van der Waals surface area contributed by atoms with Crippen LogP contribution in [0.25, 0.3) is 11.1 Å². The Hall–Kier alpha value is -3.14. The lowest BCUT2D eigenvalue weighted by Crippen LogP contribution is -2.28. The molecule has 0 atom stereocenters. The lowest BCUT2D eigenvalue weighted by molar-refractivity contribution is 0.251. The van der Waals surface area contributed by atoms with Gasteiger partial charge < -0.3 is 10.6 Å². The van der Waals surface area contributed by atoms with Crippen LogP contribution >= 0.6 is 0 Å². The van der Waals surface area contributed by atoms with Gasteiger partial charge in [-0.3, -0.25) is 4.98 Å². The average Bonchev–Trinajstić information content (AvgIpc) is 2.62. The molecule has 0 unspecified atom stereocenters. The van der Waals surface area contributed by atoms with E-state index < -0.39 is 0 Å². The number of hydrogen-bond donors (Lipinski definition) is 2. The largest absolute Gasteiger partial charge is 0.332 e. The van der Waals surface area contributed by atoms with E-state index in [4.69, 9.17) is 0 Å². The summed E-state index contributed by atoms with van der Waals surface area (Å²) in [7, 11) is 0. The fourth-order valence-electron chi connectivity index (χ4n) is 2.30. The van der Waals surface area contributed by atoms with Crippen LogP contribution in [0.4, 0.5) is 10.5 Å². The Morgan fingerprint density at radius 1 is 0.870 bits per heavy atom. The first-order valence-corrected chi connectivity index (χ1v) is 7.42. The first-order chi connectivity index (χ1) is 11.3. The summed E-state index contributed by atoms with van der Waals surface area (Å²) in [5, 5.41) is 5.72. The fourth-order valence-corrected chi connectivity index (χ4v) is 2.30. The Balaban J connectivity index is 1.69. The van der Waals surface area contributed by atoms with Crippen molar-refractivity contribution in [2.75, 3.05) is 5.32 Å². The van der Waals surface area contributed by atoms with E-state index in [1.165, 1.54) is 0 Å². The summed E-state index contributed by atoms with van der Waals surface area (Å²) in [5.74, 6) is 0. The van der Waals surface area contributed by atoms with E-state index >= 15 is 0 Å². The number of para-hydroxylation sites is 1. The van der Waals surface area contributed by atoms with Crippen LogP contribution in [-0.4, -0.2) is 11.0 Å². The van der Waals surface area contributed by atoms with Crippen LogP contribution in [0.1, 0.15) is 5.69 Å². The second kappa shape index (κ2) is 7.22. The van der Waals surface area contributed by atoms with Gasteiger partial charge in [0, 0.05) is 11.8 Å². The molecular weight excluding hydrogens is 286 g/mol. The van der Waals surface area contributed by atoms with Crippen LogP contribution in [0, 0.1) is 0 Å². The predicted molar refractivity (Wildman–Crippen MR) is 92.0 cm³/mol. The molecule has 2 amide bonds. The Morgan fingerprint density at radius 2 is 1.61 bits per heavy atom. The topological polar surface area (TPSA) is 54.0 Å². The van der Waals surface area contributed by atoms with Gasteiger partial charge in [-0.2, -0.15) is 0 Å². The van der Waals surface area contributed by atoms with Gasteiger partial charge >= 0.3 is 6.03 Å². The van der Waals surface area contributed by atoms with Crippen molar-refractivity contribution in [3.05, 3.63) is 84.7 Å². The Labute approximate surface area is 135 Å². The van der Waals surface area contributed by atoms with Crippen LogP contribution in [-0.2, 0) is 6.54 Å². The van der Waals surface area contributed by atoms with E-state index in [1.54, 1.807) is 6.20 Å². The zero-order valence-electron chi connectivity index (χ0n) is 12.6. The second-order valence-corrected chi connectivity index (χ2v) is 5.04. The van der Waals surface area contributed by atoms with Crippen molar-refractivity contribution >= 4 is 11.7 Å². The summed E-state index contributed by atoms with van der Waals surface area (Å²) in [6, 6.07) is 23.1. The van der Waals surface area contributed by atoms with Gasteiger partial charge in [-0.1, -0.05) is 54.6 Å². The minimum atomic E-state index is -0.251. The van der Waals surface area contributed by atoms with Crippen molar-refractivity contribution in [3.8, 4) is 11.1 Å². The van der Waals surface area contributed by atoms with Crippen molar-refractivity contribution in [3.63, 3.8) is 0 Å². The van der Waals surface area contributed by atoms with Gasteiger partial charge in [0.05, 0.1) is 17.9 Å². The van der Waals surface area contributed by atoms with Crippen molar-refractivity contribution in [1.82, 2.24) is 10.3 Å². The number of amides is 2.